The van der Waals surface area contributed by atoms with Crippen molar-refractivity contribution in [2.45, 2.75) is 44.2 Å². The molecule has 2 unspecified atom stereocenters. The van der Waals surface area contributed by atoms with Crippen LogP contribution in [0, 0.1) is 0 Å². The van der Waals surface area contributed by atoms with E-state index < -0.39 is 5.60 Å². The normalized spacial score (nSPS) is 32.0. The topological polar surface area (TPSA) is 32.7 Å². The van der Waals surface area contributed by atoms with Gasteiger partial charge in [-0.3, -0.25) is 4.90 Å². The Morgan fingerprint density at radius 1 is 1.33 bits per heavy atom. The smallest absolute Gasteiger partial charge is 0.124 e. The van der Waals surface area contributed by atoms with Gasteiger partial charge in [0, 0.05) is 24.7 Å². The summed E-state index contributed by atoms with van der Waals surface area (Å²) in [6, 6.07) is 8.35. The van der Waals surface area contributed by atoms with E-state index in [-0.39, 0.29) is 0 Å². The molecule has 3 heteroatoms. The van der Waals surface area contributed by atoms with Gasteiger partial charge in [0.05, 0.1) is 12.7 Å². The van der Waals surface area contributed by atoms with E-state index in [1.54, 1.807) is 7.11 Å². The predicted octanol–water partition coefficient (Wildman–Crippen LogP) is 3.09. The van der Waals surface area contributed by atoms with Crippen LogP contribution < -0.4 is 4.74 Å². The number of piperidine rings is 2. The van der Waals surface area contributed by atoms with E-state index in [4.69, 9.17) is 4.74 Å². The molecular formula is C18H25NO2. The number of allylic oxidation sites excluding steroid dienone is 1. The molecule has 0 amide bonds. The second-order valence-corrected chi connectivity index (χ2v) is 6.28. The van der Waals surface area contributed by atoms with Gasteiger partial charge in [-0.05, 0) is 38.7 Å². The first-order valence-corrected chi connectivity index (χ1v) is 7.90. The lowest BCUT2D eigenvalue weighted by Gasteiger charge is -2.47. The van der Waals surface area contributed by atoms with Gasteiger partial charge in [-0.15, -0.1) is 0 Å². The Kier molecular flexibility index (Phi) is 4.05. The number of benzene rings is 1. The van der Waals surface area contributed by atoms with Crippen molar-refractivity contribution in [3.63, 3.8) is 0 Å². The van der Waals surface area contributed by atoms with E-state index in [1.165, 1.54) is 12.0 Å². The Hall–Kier alpha value is -1.32. The van der Waals surface area contributed by atoms with Crippen molar-refractivity contribution in [2.24, 2.45) is 0 Å². The number of hydrogen-bond acceptors (Lipinski definition) is 3. The summed E-state index contributed by atoms with van der Waals surface area (Å²) in [4.78, 5) is 2.54. The number of ether oxygens (including phenoxy) is 1. The minimum atomic E-state index is -0.760. The molecule has 0 aliphatic carbocycles. The largest absolute Gasteiger partial charge is 0.496 e. The molecule has 2 aliphatic heterocycles. The van der Waals surface area contributed by atoms with E-state index in [9.17, 15) is 5.11 Å². The van der Waals surface area contributed by atoms with E-state index >= 15 is 0 Å². The monoisotopic (exact) mass is 287 g/mol. The molecule has 114 valence electrons. The molecule has 0 aromatic heterocycles. The average molecular weight is 287 g/mol. The van der Waals surface area contributed by atoms with Crippen molar-refractivity contribution < 1.29 is 9.84 Å². The lowest BCUT2D eigenvalue weighted by atomic mass is 9.77. The summed E-state index contributed by atoms with van der Waals surface area (Å²) in [5.41, 5.74) is 1.71. The van der Waals surface area contributed by atoms with Crippen LogP contribution in [0.5, 0.6) is 5.75 Å². The molecule has 0 spiro atoms. The summed E-state index contributed by atoms with van der Waals surface area (Å²) >= 11 is 0. The molecule has 3 nitrogen and oxygen atoms in total. The molecule has 0 bridgehead atoms. The van der Waals surface area contributed by atoms with Crippen molar-refractivity contribution in [2.75, 3.05) is 20.2 Å². The third kappa shape index (κ3) is 2.72. The Morgan fingerprint density at radius 3 is 2.90 bits per heavy atom. The Balaban J connectivity index is 1.86. The summed E-state index contributed by atoms with van der Waals surface area (Å²) < 4.78 is 5.46. The predicted molar refractivity (Wildman–Crippen MR) is 84.5 cm³/mol. The van der Waals surface area contributed by atoms with Crippen LogP contribution in [-0.2, 0) is 5.60 Å². The first-order chi connectivity index (χ1) is 10.2. The van der Waals surface area contributed by atoms with Gasteiger partial charge in [-0.1, -0.05) is 29.8 Å². The fourth-order valence-corrected chi connectivity index (χ4v) is 3.86. The summed E-state index contributed by atoms with van der Waals surface area (Å²) in [7, 11) is 1.68. The number of aliphatic hydroxyl groups is 1. The lowest BCUT2D eigenvalue weighted by molar-refractivity contribution is -0.0571. The highest BCUT2D eigenvalue weighted by Crippen LogP contribution is 2.42. The third-order valence-electron chi connectivity index (χ3n) is 5.14. The number of rotatable bonds is 2. The highest BCUT2D eigenvalue weighted by Gasteiger charge is 2.42. The zero-order valence-corrected chi connectivity index (χ0v) is 13.0. The lowest BCUT2D eigenvalue weighted by Crippen LogP contribution is -2.51. The zero-order chi connectivity index (χ0) is 14.9. The van der Waals surface area contributed by atoms with Gasteiger partial charge in [0.2, 0.25) is 0 Å². The molecule has 3 rings (SSSR count). The molecule has 2 heterocycles. The molecule has 1 aromatic rings. The molecule has 2 aliphatic rings. The number of fused-ring (bicyclic) bond motifs is 1. The van der Waals surface area contributed by atoms with Crippen LogP contribution in [0.15, 0.2) is 35.9 Å². The highest BCUT2D eigenvalue weighted by molar-refractivity contribution is 5.38. The van der Waals surface area contributed by atoms with E-state index in [0.29, 0.717) is 6.04 Å². The summed E-state index contributed by atoms with van der Waals surface area (Å²) in [6.45, 7) is 4.22. The SMILES string of the molecule is C/C=C1/CCN2CCC(O)(c3ccccc3OC)CC2C1. The number of methoxy groups -OCH3 is 1. The van der Waals surface area contributed by atoms with Crippen LogP contribution >= 0.6 is 0 Å². The van der Waals surface area contributed by atoms with Gasteiger partial charge < -0.3 is 9.84 Å². The average Bonchev–Trinajstić information content (AvgIpc) is 2.54. The summed E-state index contributed by atoms with van der Waals surface area (Å²) in [5, 5.41) is 11.2. The van der Waals surface area contributed by atoms with Gasteiger partial charge in [0.15, 0.2) is 0 Å². The molecule has 2 saturated heterocycles. The molecule has 0 radical (unpaired) electrons. The van der Waals surface area contributed by atoms with Crippen molar-refractivity contribution in [3.05, 3.63) is 41.5 Å². The second kappa shape index (κ2) is 5.82. The second-order valence-electron chi connectivity index (χ2n) is 6.28. The Labute approximate surface area is 127 Å². The van der Waals surface area contributed by atoms with Crippen LogP contribution in [0.2, 0.25) is 0 Å². The van der Waals surface area contributed by atoms with Gasteiger partial charge in [0.1, 0.15) is 5.75 Å². The molecule has 0 saturated carbocycles. The van der Waals surface area contributed by atoms with Crippen LogP contribution in [0.3, 0.4) is 0 Å². The zero-order valence-electron chi connectivity index (χ0n) is 13.0. The van der Waals surface area contributed by atoms with Crippen LogP contribution in [-0.4, -0.2) is 36.2 Å². The number of hydrogen-bond donors (Lipinski definition) is 1. The number of nitrogens with zero attached hydrogens (tertiary/aromatic N) is 1. The standard InChI is InChI=1S/C18H25NO2/c1-3-14-8-10-19-11-9-18(20,13-15(19)12-14)16-6-4-5-7-17(16)21-2/h3-7,15,20H,8-13H2,1-2H3/b14-3-. The third-order valence-corrected chi connectivity index (χ3v) is 5.14. The van der Waals surface area contributed by atoms with Crippen LogP contribution in [0.4, 0.5) is 0 Å². The van der Waals surface area contributed by atoms with Gasteiger partial charge >= 0.3 is 0 Å². The van der Waals surface area contributed by atoms with E-state index in [1.807, 2.05) is 24.3 Å². The minimum Gasteiger partial charge on any atom is -0.496 e. The molecule has 21 heavy (non-hydrogen) atoms. The van der Waals surface area contributed by atoms with Crippen LogP contribution in [0.1, 0.15) is 38.2 Å². The van der Waals surface area contributed by atoms with Gasteiger partial charge in [-0.2, -0.15) is 0 Å². The summed E-state index contributed by atoms with van der Waals surface area (Å²) in [5.74, 6) is 0.801. The van der Waals surface area contributed by atoms with Crippen molar-refractivity contribution >= 4 is 0 Å². The number of para-hydroxylation sites is 1. The van der Waals surface area contributed by atoms with Crippen LogP contribution in [0.25, 0.3) is 0 Å². The molecular weight excluding hydrogens is 262 g/mol. The maximum atomic E-state index is 11.2. The minimum absolute atomic E-state index is 0.452. The molecule has 2 atom stereocenters. The maximum Gasteiger partial charge on any atom is 0.124 e. The Morgan fingerprint density at radius 2 is 2.14 bits per heavy atom. The van der Waals surface area contributed by atoms with E-state index in [2.05, 4.69) is 17.9 Å². The first kappa shape index (κ1) is 14.6. The fraction of sp³-hybridized carbons (Fsp3) is 0.556. The van der Waals surface area contributed by atoms with Crippen molar-refractivity contribution in [1.29, 1.82) is 0 Å². The molecule has 2 fully saturated rings. The van der Waals surface area contributed by atoms with E-state index in [0.717, 1.165) is 43.7 Å². The van der Waals surface area contributed by atoms with Gasteiger partial charge in [-0.25, -0.2) is 0 Å². The van der Waals surface area contributed by atoms with Gasteiger partial charge in [0.25, 0.3) is 0 Å². The molecule has 1 aromatic carbocycles. The maximum absolute atomic E-state index is 11.2. The first-order valence-electron chi connectivity index (χ1n) is 7.90. The fourth-order valence-electron chi connectivity index (χ4n) is 3.86. The quantitative estimate of drug-likeness (QED) is 0.849. The highest BCUT2D eigenvalue weighted by atomic mass is 16.5. The summed E-state index contributed by atoms with van der Waals surface area (Å²) in [6.07, 6.45) is 6.10. The molecule has 1 N–H and O–H groups in total. The van der Waals surface area contributed by atoms with Crippen molar-refractivity contribution in [1.82, 2.24) is 4.90 Å². The Bertz CT molecular complexity index is 540. The van der Waals surface area contributed by atoms with Crippen molar-refractivity contribution in [3.8, 4) is 5.75 Å².